The summed E-state index contributed by atoms with van der Waals surface area (Å²) >= 11 is 0. The highest BCUT2D eigenvalue weighted by Gasteiger charge is 2.28. The maximum Gasteiger partial charge on any atom is 0.227 e. The number of carbonyl (C=O) groups excluding carboxylic acids is 3. The molecular formula is C40H62N5O7P. The molecular weight excluding hydrogens is 693 g/mol. The van der Waals surface area contributed by atoms with E-state index in [0.29, 0.717) is 83.3 Å². The number of benzene rings is 2. The molecule has 1 aliphatic heterocycles. The molecule has 0 radical (unpaired) electrons. The summed E-state index contributed by atoms with van der Waals surface area (Å²) in [5.41, 5.74) is 11.0. The predicted molar refractivity (Wildman–Crippen MR) is 213 cm³/mol. The molecule has 294 valence electrons. The summed E-state index contributed by atoms with van der Waals surface area (Å²) in [6, 6.07) is 15.6. The number of nitrogens with zero attached hydrogens (tertiary/aromatic N) is 2. The second-order valence-electron chi connectivity index (χ2n) is 14.2. The quantitative estimate of drug-likeness (QED) is 0.0453. The molecule has 5 N–H and O–H groups in total. The zero-order chi connectivity index (χ0) is 38.5. The van der Waals surface area contributed by atoms with E-state index in [-0.39, 0.29) is 32.0 Å². The van der Waals surface area contributed by atoms with E-state index in [1.54, 1.807) is 12.1 Å². The first-order chi connectivity index (χ1) is 25.5. The van der Waals surface area contributed by atoms with Crippen LogP contribution in [0.5, 0.6) is 0 Å². The van der Waals surface area contributed by atoms with E-state index in [4.69, 9.17) is 30.1 Å². The average molecular weight is 756 g/mol. The molecule has 2 aromatic carbocycles. The molecule has 0 spiro atoms. The number of hydrazine groups is 1. The molecule has 0 fully saturated rings. The molecule has 12 nitrogen and oxygen atoms in total. The van der Waals surface area contributed by atoms with Gasteiger partial charge in [-0.1, -0.05) is 76.1 Å². The molecule has 1 unspecified atom stereocenters. The lowest BCUT2D eigenvalue weighted by molar-refractivity contribution is -0.127. The van der Waals surface area contributed by atoms with E-state index in [1.807, 2.05) is 74.2 Å². The SMILES string of the molecule is COPOCCCCCNC(=O)CCCCCCC(=O)N1Cc2ccccc2/C(N)=C(/N(N)CCOCCOCCC(=O)C(C)(C)C)c2ccccc21. The normalized spacial score (nSPS) is 14.5. The Bertz CT molecular complexity index is 1460. The van der Waals surface area contributed by atoms with Gasteiger partial charge in [-0.25, -0.2) is 5.84 Å². The van der Waals surface area contributed by atoms with Crippen LogP contribution in [0.4, 0.5) is 5.69 Å². The van der Waals surface area contributed by atoms with Gasteiger partial charge in [0.2, 0.25) is 11.8 Å². The van der Waals surface area contributed by atoms with Gasteiger partial charge in [0.25, 0.3) is 0 Å². The highest BCUT2D eigenvalue weighted by Crippen LogP contribution is 2.37. The van der Waals surface area contributed by atoms with Crippen LogP contribution in [0.2, 0.25) is 0 Å². The number of para-hydroxylation sites is 1. The zero-order valence-electron chi connectivity index (χ0n) is 32.3. The van der Waals surface area contributed by atoms with Crippen molar-refractivity contribution in [1.29, 1.82) is 0 Å². The lowest BCUT2D eigenvalue weighted by Crippen LogP contribution is -2.37. The maximum atomic E-state index is 13.9. The predicted octanol–water partition coefficient (Wildman–Crippen LogP) is 6.33. The van der Waals surface area contributed by atoms with Crippen LogP contribution < -0.4 is 21.8 Å². The lowest BCUT2D eigenvalue weighted by atomic mass is 9.89. The molecule has 0 saturated heterocycles. The Kier molecular flexibility index (Phi) is 20.0. The number of carbonyl (C=O) groups is 3. The third kappa shape index (κ3) is 15.5. The third-order valence-electron chi connectivity index (χ3n) is 9.02. The first-order valence-corrected chi connectivity index (χ1v) is 19.7. The van der Waals surface area contributed by atoms with Gasteiger partial charge in [-0.15, -0.1) is 0 Å². The largest absolute Gasteiger partial charge is 0.396 e. The first kappa shape index (κ1) is 44.0. The molecule has 2 amide bonds. The van der Waals surface area contributed by atoms with Gasteiger partial charge in [0.1, 0.15) is 5.78 Å². The summed E-state index contributed by atoms with van der Waals surface area (Å²) in [5, 5.41) is 4.60. The van der Waals surface area contributed by atoms with E-state index in [1.165, 1.54) is 0 Å². The number of nitrogens with two attached hydrogens (primary N) is 2. The minimum Gasteiger partial charge on any atom is -0.396 e. The van der Waals surface area contributed by atoms with E-state index in [9.17, 15) is 14.4 Å². The molecule has 2 aromatic rings. The molecule has 0 aromatic heterocycles. The smallest absolute Gasteiger partial charge is 0.227 e. The Morgan fingerprint density at radius 2 is 1.47 bits per heavy atom. The van der Waals surface area contributed by atoms with Gasteiger partial charge in [0, 0.05) is 49.5 Å². The summed E-state index contributed by atoms with van der Waals surface area (Å²) in [4.78, 5) is 40.1. The molecule has 13 heteroatoms. The molecule has 53 heavy (non-hydrogen) atoms. The van der Waals surface area contributed by atoms with Gasteiger partial charge in [0.05, 0.1) is 63.2 Å². The van der Waals surface area contributed by atoms with E-state index < -0.39 is 0 Å². The Morgan fingerprint density at radius 3 is 2.21 bits per heavy atom. The molecule has 0 bridgehead atoms. The fraction of sp³-hybridized carbons (Fsp3) is 0.575. The fourth-order valence-electron chi connectivity index (χ4n) is 5.97. The molecule has 1 aliphatic rings. The minimum atomic E-state index is -0.370. The van der Waals surface area contributed by atoms with Crippen LogP contribution in [0.15, 0.2) is 48.5 Å². The highest BCUT2D eigenvalue weighted by molar-refractivity contribution is 7.26. The molecule has 0 aliphatic carbocycles. The second kappa shape index (κ2) is 24.1. The molecule has 1 atom stereocenters. The average Bonchev–Trinajstić information content (AvgIpc) is 3.13. The Morgan fingerprint density at radius 1 is 0.811 bits per heavy atom. The number of rotatable bonds is 25. The van der Waals surface area contributed by atoms with Crippen molar-refractivity contribution < 1.29 is 32.9 Å². The summed E-state index contributed by atoms with van der Waals surface area (Å²) in [6.07, 6.45) is 7.41. The third-order valence-corrected chi connectivity index (χ3v) is 9.51. The monoisotopic (exact) mass is 755 g/mol. The highest BCUT2D eigenvalue weighted by atomic mass is 31.1. The Balaban J connectivity index is 1.52. The summed E-state index contributed by atoms with van der Waals surface area (Å²) in [6.45, 7) is 9.26. The number of nitrogens with one attached hydrogen (secondary N) is 1. The Labute approximate surface area is 318 Å². The number of anilines is 1. The van der Waals surface area contributed by atoms with Crippen molar-refractivity contribution in [3.05, 3.63) is 65.2 Å². The summed E-state index contributed by atoms with van der Waals surface area (Å²) in [7, 11) is 1.71. The van der Waals surface area contributed by atoms with E-state index in [2.05, 4.69) is 5.32 Å². The van der Waals surface area contributed by atoms with E-state index >= 15 is 0 Å². The van der Waals surface area contributed by atoms with Crippen LogP contribution in [-0.4, -0.2) is 75.8 Å². The van der Waals surface area contributed by atoms with Crippen LogP contribution >= 0.6 is 9.03 Å². The first-order valence-electron chi connectivity index (χ1n) is 18.9. The van der Waals surface area contributed by atoms with Gasteiger partial charge in [-0.3, -0.25) is 14.4 Å². The van der Waals surface area contributed by atoms with Gasteiger partial charge >= 0.3 is 0 Å². The minimum absolute atomic E-state index is 0.0222. The van der Waals surface area contributed by atoms with Gasteiger partial charge < -0.3 is 39.5 Å². The number of unbranched alkanes of at least 4 members (excludes halogenated alkanes) is 5. The zero-order valence-corrected chi connectivity index (χ0v) is 33.3. The van der Waals surface area contributed by atoms with Crippen molar-refractivity contribution in [3.8, 4) is 0 Å². The number of Topliss-reactive ketones (excluding diaryl/α,β-unsaturated/α-hetero) is 1. The number of hydrogen-bond donors (Lipinski definition) is 3. The summed E-state index contributed by atoms with van der Waals surface area (Å²) < 4.78 is 21.6. The van der Waals surface area contributed by atoms with Crippen LogP contribution in [0, 0.1) is 5.41 Å². The second-order valence-corrected chi connectivity index (χ2v) is 15.1. The van der Waals surface area contributed by atoms with Crippen molar-refractivity contribution in [2.75, 3.05) is 58.1 Å². The summed E-state index contributed by atoms with van der Waals surface area (Å²) in [5.74, 6) is 6.97. The van der Waals surface area contributed by atoms with Crippen molar-refractivity contribution in [2.45, 2.75) is 91.5 Å². The van der Waals surface area contributed by atoms with Crippen LogP contribution in [-0.2, 0) is 39.4 Å². The molecule has 0 saturated carbocycles. The number of amides is 2. The van der Waals surface area contributed by atoms with Crippen molar-refractivity contribution >= 4 is 43.7 Å². The fourth-order valence-corrected chi connectivity index (χ4v) is 6.32. The lowest BCUT2D eigenvalue weighted by Gasteiger charge is -2.33. The Hall–Kier alpha value is -3.38. The van der Waals surface area contributed by atoms with Crippen molar-refractivity contribution in [2.24, 2.45) is 17.0 Å². The van der Waals surface area contributed by atoms with Gasteiger partial charge in [-0.05, 0) is 43.7 Å². The van der Waals surface area contributed by atoms with Gasteiger partial charge in [-0.2, -0.15) is 0 Å². The molecule has 3 rings (SSSR count). The topological polar surface area (TPSA) is 159 Å². The van der Waals surface area contributed by atoms with Crippen LogP contribution in [0.1, 0.15) is 102 Å². The van der Waals surface area contributed by atoms with Crippen LogP contribution in [0.25, 0.3) is 11.4 Å². The number of ketones is 1. The van der Waals surface area contributed by atoms with E-state index in [0.717, 1.165) is 67.3 Å². The van der Waals surface area contributed by atoms with Gasteiger partial charge in [0.15, 0.2) is 9.03 Å². The molecule has 1 heterocycles. The number of hydrogen-bond acceptors (Lipinski definition) is 10. The maximum absolute atomic E-state index is 13.9. The van der Waals surface area contributed by atoms with Crippen molar-refractivity contribution in [1.82, 2.24) is 10.3 Å². The standard InChI is InChI=1S/C40H62N5O7P/c1-40(2,3)35(46)22-26-50-28-29-51-27-24-45(42)39-33-18-12-13-19-34(33)44(30-31-16-10-11-17-32(31)38(39)41)37(48)21-9-6-5-8-20-36(47)43-23-14-7-15-25-52-53-49-4/h10-13,16-19,53H,5-9,14-15,20-30,41-42H2,1-4H3,(H,43,47)/b39-38-. The van der Waals surface area contributed by atoms with Crippen molar-refractivity contribution in [3.63, 3.8) is 0 Å². The number of ether oxygens (including phenoxy) is 2. The van der Waals surface area contributed by atoms with Crippen LogP contribution in [0.3, 0.4) is 0 Å². The number of fused-ring (bicyclic) bond motifs is 2.